The molecule has 212 valence electrons. The summed E-state index contributed by atoms with van der Waals surface area (Å²) in [6, 6.07) is 14.2. The number of aryl methyl sites for hydroxylation is 1. The fraction of sp³-hybridized carbons (Fsp3) is 0.400. The van der Waals surface area contributed by atoms with E-state index >= 15 is 0 Å². The highest BCUT2D eigenvalue weighted by Crippen LogP contribution is 2.17. The van der Waals surface area contributed by atoms with Gasteiger partial charge in [0.1, 0.15) is 18.7 Å². The first-order valence-electron chi connectivity index (χ1n) is 13.5. The lowest BCUT2D eigenvalue weighted by Gasteiger charge is -2.29. The lowest BCUT2D eigenvalue weighted by molar-refractivity contribution is -0.141. The number of fused-ring (bicyclic) bond motifs is 1. The summed E-state index contributed by atoms with van der Waals surface area (Å²) >= 11 is 0. The van der Waals surface area contributed by atoms with Crippen LogP contribution in [0.4, 0.5) is 4.79 Å². The Balaban J connectivity index is 1.57. The molecule has 10 heteroatoms. The molecule has 0 saturated carbocycles. The number of ether oxygens (including phenoxy) is 2. The molecule has 0 radical (unpaired) electrons. The Kier molecular flexibility index (Phi) is 9.91. The second-order valence-electron chi connectivity index (χ2n) is 9.80. The Morgan fingerprint density at radius 1 is 1.07 bits per heavy atom. The molecule has 1 unspecified atom stereocenters. The number of benzene rings is 2. The van der Waals surface area contributed by atoms with Crippen LogP contribution < -0.4 is 10.7 Å². The summed E-state index contributed by atoms with van der Waals surface area (Å²) in [5, 5.41) is 2.99. The summed E-state index contributed by atoms with van der Waals surface area (Å²) in [5.41, 5.74) is 2.39. The maximum atomic E-state index is 13.7. The van der Waals surface area contributed by atoms with Crippen LogP contribution in [0.5, 0.6) is 0 Å². The fourth-order valence-electron chi connectivity index (χ4n) is 4.62. The van der Waals surface area contributed by atoms with E-state index in [-0.39, 0.29) is 56.8 Å². The second-order valence-corrected chi connectivity index (χ2v) is 9.80. The Labute approximate surface area is 232 Å². The van der Waals surface area contributed by atoms with Crippen LogP contribution in [0.3, 0.4) is 0 Å². The maximum Gasteiger partial charge on any atom is 0.325 e. The van der Waals surface area contributed by atoms with Gasteiger partial charge in [0.05, 0.1) is 36.5 Å². The molecule has 2 heterocycles. The van der Waals surface area contributed by atoms with Crippen molar-refractivity contribution >= 4 is 28.9 Å². The van der Waals surface area contributed by atoms with E-state index in [1.165, 1.54) is 16.1 Å². The normalized spacial score (nSPS) is 14.6. The first kappa shape index (κ1) is 28.8. The Morgan fingerprint density at radius 2 is 1.88 bits per heavy atom. The van der Waals surface area contributed by atoms with Gasteiger partial charge in [0.2, 0.25) is 5.91 Å². The van der Waals surface area contributed by atoms with Gasteiger partial charge in [-0.25, -0.2) is 4.79 Å². The SMILES string of the molecule is CCOC(=O)CNC(=O)N(CC(=O)N(Cc1ccccc1)Cc1coc2ccc(C)cc2c1=O)CC1CCCO1. The number of nitrogens with zero attached hydrogens (tertiary/aromatic N) is 2. The van der Waals surface area contributed by atoms with Crippen LogP contribution in [0.2, 0.25) is 0 Å². The summed E-state index contributed by atoms with van der Waals surface area (Å²) in [4.78, 5) is 54.8. The van der Waals surface area contributed by atoms with Gasteiger partial charge in [-0.2, -0.15) is 0 Å². The minimum absolute atomic E-state index is 0.00183. The number of carbonyl (C=O) groups is 3. The molecule has 40 heavy (non-hydrogen) atoms. The molecular formula is C30H35N3O7. The van der Waals surface area contributed by atoms with Gasteiger partial charge in [-0.3, -0.25) is 14.4 Å². The van der Waals surface area contributed by atoms with Crippen molar-refractivity contribution in [2.45, 2.75) is 45.9 Å². The van der Waals surface area contributed by atoms with Crippen molar-refractivity contribution in [2.24, 2.45) is 0 Å². The molecule has 0 spiro atoms. The molecule has 10 nitrogen and oxygen atoms in total. The molecule has 1 fully saturated rings. The number of hydrogen-bond donors (Lipinski definition) is 1. The predicted molar refractivity (Wildman–Crippen MR) is 148 cm³/mol. The minimum atomic E-state index is -0.572. The van der Waals surface area contributed by atoms with E-state index < -0.39 is 12.0 Å². The van der Waals surface area contributed by atoms with Gasteiger partial charge in [0.25, 0.3) is 0 Å². The van der Waals surface area contributed by atoms with E-state index in [1.807, 2.05) is 43.3 Å². The van der Waals surface area contributed by atoms with E-state index in [4.69, 9.17) is 13.9 Å². The summed E-state index contributed by atoms with van der Waals surface area (Å²) in [6.45, 7) is 4.21. The van der Waals surface area contributed by atoms with Gasteiger partial charge in [0.15, 0.2) is 5.43 Å². The summed E-state index contributed by atoms with van der Waals surface area (Å²) in [6.07, 6.45) is 2.82. The molecule has 0 bridgehead atoms. The first-order chi connectivity index (χ1) is 19.3. The van der Waals surface area contributed by atoms with E-state index in [1.54, 1.807) is 19.1 Å². The van der Waals surface area contributed by atoms with Gasteiger partial charge < -0.3 is 29.0 Å². The lowest BCUT2D eigenvalue weighted by atomic mass is 10.1. The van der Waals surface area contributed by atoms with Gasteiger partial charge in [0, 0.05) is 19.7 Å². The zero-order valence-corrected chi connectivity index (χ0v) is 22.9. The first-order valence-corrected chi connectivity index (χ1v) is 13.5. The number of carbonyl (C=O) groups excluding carboxylic acids is 3. The van der Waals surface area contributed by atoms with Crippen LogP contribution >= 0.6 is 0 Å². The largest absolute Gasteiger partial charge is 0.465 e. The quantitative estimate of drug-likeness (QED) is 0.364. The summed E-state index contributed by atoms with van der Waals surface area (Å²) in [7, 11) is 0. The molecule has 1 aliphatic rings. The molecule has 4 rings (SSSR count). The van der Waals surface area contributed by atoms with Gasteiger partial charge in [-0.15, -0.1) is 0 Å². The van der Waals surface area contributed by atoms with Gasteiger partial charge in [-0.05, 0) is 44.4 Å². The molecule has 0 aliphatic carbocycles. The Bertz CT molecular complexity index is 1380. The van der Waals surface area contributed by atoms with Crippen molar-refractivity contribution in [1.29, 1.82) is 0 Å². The van der Waals surface area contributed by atoms with Crippen molar-refractivity contribution in [3.63, 3.8) is 0 Å². The topological polar surface area (TPSA) is 118 Å². The van der Waals surface area contributed by atoms with Crippen molar-refractivity contribution in [2.75, 3.05) is 32.8 Å². The fourth-order valence-corrected chi connectivity index (χ4v) is 4.62. The highest BCUT2D eigenvalue weighted by atomic mass is 16.5. The van der Waals surface area contributed by atoms with Gasteiger partial charge in [-0.1, -0.05) is 42.0 Å². The zero-order valence-electron chi connectivity index (χ0n) is 22.9. The average molecular weight is 550 g/mol. The molecule has 3 aromatic rings. The monoisotopic (exact) mass is 549 g/mol. The smallest absolute Gasteiger partial charge is 0.325 e. The maximum absolute atomic E-state index is 13.7. The van der Waals surface area contributed by atoms with E-state index in [0.29, 0.717) is 23.1 Å². The number of urea groups is 1. The van der Waals surface area contributed by atoms with Crippen LogP contribution in [-0.2, 0) is 32.2 Å². The highest BCUT2D eigenvalue weighted by Gasteiger charge is 2.27. The number of rotatable bonds is 11. The van der Waals surface area contributed by atoms with Crippen LogP contribution in [-0.4, -0.2) is 66.7 Å². The standard InChI is InChI=1S/C30H35N3O7/c1-3-38-28(35)15-31-30(37)33(18-24-10-7-13-39-24)19-27(34)32(16-22-8-5-4-6-9-22)17-23-20-40-26-12-11-21(2)14-25(26)29(23)36/h4-6,8-9,11-12,14,20,24H,3,7,10,13,15-19H2,1-2H3,(H,31,37). The molecule has 1 saturated heterocycles. The lowest BCUT2D eigenvalue weighted by Crippen LogP contribution is -2.50. The molecule has 1 N–H and O–H groups in total. The third-order valence-electron chi connectivity index (χ3n) is 6.68. The third-order valence-corrected chi connectivity index (χ3v) is 6.68. The van der Waals surface area contributed by atoms with E-state index in [0.717, 1.165) is 24.0 Å². The number of esters is 1. The predicted octanol–water partition coefficient (Wildman–Crippen LogP) is 3.38. The summed E-state index contributed by atoms with van der Waals surface area (Å²) in [5.74, 6) is -0.930. The molecular weight excluding hydrogens is 514 g/mol. The molecule has 1 aromatic heterocycles. The Hall–Kier alpha value is -4.18. The molecule has 3 amide bonds. The highest BCUT2D eigenvalue weighted by molar-refractivity contribution is 5.86. The van der Waals surface area contributed by atoms with Crippen LogP contribution in [0.1, 0.15) is 36.5 Å². The van der Waals surface area contributed by atoms with Crippen LogP contribution in [0.15, 0.2) is 64.0 Å². The zero-order chi connectivity index (χ0) is 28.5. The number of nitrogens with one attached hydrogen (secondary N) is 1. The minimum Gasteiger partial charge on any atom is -0.465 e. The van der Waals surface area contributed by atoms with Crippen LogP contribution in [0, 0.1) is 6.92 Å². The van der Waals surface area contributed by atoms with Crippen LogP contribution in [0.25, 0.3) is 11.0 Å². The van der Waals surface area contributed by atoms with Crippen molar-refractivity contribution in [3.05, 3.63) is 81.7 Å². The molecule has 1 atom stereocenters. The van der Waals surface area contributed by atoms with Crippen molar-refractivity contribution in [1.82, 2.24) is 15.1 Å². The Morgan fingerprint density at radius 3 is 2.60 bits per heavy atom. The molecule has 2 aromatic carbocycles. The summed E-state index contributed by atoms with van der Waals surface area (Å²) < 4.78 is 16.3. The van der Waals surface area contributed by atoms with E-state index in [9.17, 15) is 19.2 Å². The number of hydrogen-bond acceptors (Lipinski definition) is 7. The van der Waals surface area contributed by atoms with Gasteiger partial charge >= 0.3 is 12.0 Å². The second kappa shape index (κ2) is 13.7. The number of amides is 3. The van der Waals surface area contributed by atoms with Crippen molar-refractivity contribution in [3.8, 4) is 0 Å². The average Bonchev–Trinajstić information content (AvgIpc) is 3.46. The molecule has 1 aliphatic heterocycles. The van der Waals surface area contributed by atoms with E-state index in [2.05, 4.69) is 5.32 Å². The van der Waals surface area contributed by atoms with Crippen molar-refractivity contribution < 1.29 is 28.3 Å². The third kappa shape index (κ3) is 7.69.